The lowest BCUT2D eigenvalue weighted by atomic mass is 9.79. The predicted molar refractivity (Wildman–Crippen MR) is 94.5 cm³/mol. The molecule has 0 bridgehead atoms. The Balaban J connectivity index is 1.94. The summed E-state index contributed by atoms with van der Waals surface area (Å²) >= 11 is 0. The van der Waals surface area contributed by atoms with E-state index in [9.17, 15) is 0 Å². The van der Waals surface area contributed by atoms with Gasteiger partial charge in [0, 0.05) is 0 Å². The SMILES string of the molecule is CCCC/C=C/Cc1ccc(B2OC(C)(C)C(C)(C)O2)cc1. The highest BCUT2D eigenvalue weighted by atomic mass is 16.7. The summed E-state index contributed by atoms with van der Waals surface area (Å²) in [5.74, 6) is 0. The normalized spacial score (nSPS) is 20.0. The third kappa shape index (κ3) is 4.02. The minimum absolute atomic E-state index is 0.265. The molecule has 1 saturated heterocycles. The third-order valence-electron chi connectivity index (χ3n) is 4.75. The van der Waals surface area contributed by atoms with Crippen molar-refractivity contribution in [1.29, 1.82) is 0 Å². The summed E-state index contributed by atoms with van der Waals surface area (Å²) in [6, 6.07) is 8.59. The average molecular weight is 300 g/mol. The van der Waals surface area contributed by atoms with E-state index in [1.807, 2.05) is 0 Å². The molecule has 1 fully saturated rings. The number of hydrogen-bond acceptors (Lipinski definition) is 2. The maximum Gasteiger partial charge on any atom is 0.494 e. The highest BCUT2D eigenvalue weighted by Crippen LogP contribution is 2.36. The van der Waals surface area contributed by atoms with E-state index >= 15 is 0 Å². The molecule has 1 heterocycles. The van der Waals surface area contributed by atoms with Gasteiger partial charge >= 0.3 is 7.12 Å². The van der Waals surface area contributed by atoms with E-state index in [1.165, 1.54) is 24.8 Å². The smallest absolute Gasteiger partial charge is 0.399 e. The summed E-state index contributed by atoms with van der Waals surface area (Å²) in [5, 5.41) is 0. The Morgan fingerprint density at radius 3 is 2.09 bits per heavy atom. The van der Waals surface area contributed by atoms with Gasteiger partial charge in [0.05, 0.1) is 11.2 Å². The van der Waals surface area contributed by atoms with Gasteiger partial charge in [-0.15, -0.1) is 0 Å². The first-order valence-electron chi connectivity index (χ1n) is 8.45. The largest absolute Gasteiger partial charge is 0.494 e. The second kappa shape index (κ2) is 7.01. The zero-order valence-corrected chi connectivity index (χ0v) is 14.7. The molecule has 120 valence electrons. The van der Waals surface area contributed by atoms with E-state index < -0.39 is 0 Å². The van der Waals surface area contributed by atoms with Gasteiger partial charge < -0.3 is 9.31 Å². The van der Waals surface area contributed by atoms with Crippen molar-refractivity contribution in [3.8, 4) is 0 Å². The molecule has 1 aliphatic heterocycles. The molecule has 1 aromatic carbocycles. The van der Waals surface area contributed by atoms with Crippen LogP contribution in [-0.4, -0.2) is 18.3 Å². The van der Waals surface area contributed by atoms with Crippen LogP contribution in [0.25, 0.3) is 0 Å². The lowest BCUT2D eigenvalue weighted by Crippen LogP contribution is -2.41. The fraction of sp³-hybridized carbons (Fsp3) is 0.579. The maximum atomic E-state index is 6.08. The minimum atomic E-state index is -0.279. The van der Waals surface area contributed by atoms with Crippen molar-refractivity contribution in [2.45, 2.75) is 71.5 Å². The molecule has 1 aromatic rings. The first-order chi connectivity index (χ1) is 10.4. The molecule has 1 aliphatic rings. The Bertz CT molecular complexity index is 487. The number of rotatable bonds is 6. The van der Waals surface area contributed by atoms with E-state index in [0.717, 1.165) is 11.9 Å². The number of allylic oxidation sites excluding steroid dienone is 2. The first-order valence-corrected chi connectivity index (χ1v) is 8.45. The molecule has 0 N–H and O–H groups in total. The molecular weight excluding hydrogens is 271 g/mol. The van der Waals surface area contributed by atoms with Crippen molar-refractivity contribution in [2.75, 3.05) is 0 Å². The van der Waals surface area contributed by atoms with Crippen LogP contribution >= 0.6 is 0 Å². The van der Waals surface area contributed by atoms with Crippen molar-refractivity contribution in [1.82, 2.24) is 0 Å². The predicted octanol–water partition coefficient (Wildman–Crippen LogP) is 4.27. The summed E-state index contributed by atoms with van der Waals surface area (Å²) in [7, 11) is -0.265. The topological polar surface area (TPSA) is 18.5 Å². The average Bonchev–Trinajstić information content (AvgIpc) is 2.68. The second-order valence-electron chi connectivity index (χ2n) is 7.15. The highest BCUT2D eigenvalue weighted by Gasteiger charge is 2.51. The van der Waals surface area contributed by atoms with Gasteiger partial charge in [-0.25, -0.2) is 0 Å². The fourth-order valence-corrected chi connectivity index (χ4v) is 2.45. The van der Waals surface area contributed by atoms with Crippen LogP contribution in [0.3, 0.4) is 0 Å². The monoisotopic (exact) mass is 300 g/mol. The Morgan fingerprint density at radius 1 is 0.955 bits per heavy atom. The van der Waals surface area contributed by atoms with Gasteiger partial charge in [0.1, 0.15) is 0 Å². The zero-order chi connectivity index (χ0) is 16.2. The van der Waals surface area contributed by atoms with Crippen LogP contribution in [0, 0.1) is 0 Å². The Morgan fingerprint density at radius 2 is 1.55 bits per heavy atom. The molecule has 0 saturated carbocycles. The lowest BCUT2D eigenvalue weighted by molar-refractivity contribution is 0.00578. The second-order valence-corrected chi connectivity index (χ2v) is 7.15. The molecule has 0 unspecified atom stereocenters. The van der Waals surface area contributed by atoms with Gasteiger partial charge in [0.15, 0.2) is 0 Å². The van der Waals surface area contributed by atoms with Gasteiger partial charge in [-0.2, -0.15) is 0 Å². The van der Waals surface area contributed by atoms with Crippen LogP contribution in [0.15, 0.2) is 36.4 Å². The van der Waals surface area contributed by atoms with E-state index in [4.69, 9.17) is 9.31 Å². The Kier molecular flexibility index (Phi) is 5.52. The highest BCUT2D eigenvalue weighted by molar-refractivity contribution is 6.62. The van der Waals surface area contributed by atoms with Gasteiger partial charge in [-0.1, -0.05) is 56.2 Å². The van der Waals surface area contributed by atoms with Crippen LogP contribution in [0.4, 0.5) is 0 Å². The van der Waals surface area contributed by atoms with Crippen LogP contribution in [0.5, 0.6) is 0 Å². The summed E-state index contributed by atoms with van der Waals surface area (Å²) in [6.07, 6.45) is 9.26. The number of unbranched alkanes of at least 4 members (excludes halogenated alkanes) is 2. The first kappa shape index (κ1) is 17.3. The summed E-state index contributed by atoms with van der Waals surface area (Å²) in [5.41, 5.74) is 1.86. The van der Waals surface area contributed by atoms with Gasteiger partial charge in [-0.05, 0) is 51.6 Å². The van der Waals surface area contributed by atoms with Crippen molar-refractivity contribution >= 4 is 12.6 Å². The summed E-state index contributed by atoms with van der Waals surface area (Å²) < 4.78 is 12.2. The lowest BCUT2D eigenvalue weighted by Gasteiger charge is -2.32. The molecule has 0 aromatic heterocycles. The van der Waals surface area contributed by atoms with Crippen LogP contribution in [-0.2, 0) is 15.7 Å². The van der Waals surface area contributed by atoms with Crippen molar-refractivity contribution in [3.63, 3.8) is 0 Å². The van der Waals surface area contributed by atoms with Gasteiger partial charge in [0.2, 0.25) is 0 Å². The molecule has 0 spiro atoms. The van der Waals surface area contributed by atoms with Gasteiger partial charge in [-0.3, -0.25) is 0 Å². The number of hydrogen-bond donors (Lipinski definition) is 0. The maximum absolute atomic E-state index is 6.08. The van der Waals surface area contributed by atoms with E-state index in [-0.39, 0.29) is 18.3 Å². The molecule has 22 heavy (non-hydrogen) atoms. The summed E-state index contributed by atoms with van der Waals surface area (Å²) in [6.45, 7) is 10.6. The quantitative estimate of drug-likeness (QED) is 0.443. The molecule has 0 amide bonds. The third-order valence-corrected chi connectivity index (χ3v) is 4.75. The van der Waals surface area contributed by atoms with E-state index in [0.29, 0.717) is 0 Å². The minimum Gasteiger partial charge on any atom is -0.399 e. The fourth-order valence-electron chi connectivity index (χ4n) is 2.45. The number of benzene rings is 1. The van der Waals surface area contributed by atoms with Crippen LogP contribution < -0.4 is 5.46 Å². The molecule has 0 atom stereocenters. The standard InChI is InChI=1S/C19H29BO2/c1-6-7-8-9-10-11-16-12-14-17(15-13-16)20-21-18(2,3)19(4,5)22-20/h9-10,12-15H,6-8,11H2,1-5H3/b10-9+. The Hall–Kier alpha value is -1.06. The van der Waals surface area contributed by atoms with Gasteiger partial charge in [0.25, 0.3) is 0 Å². The molecule has 2 rings (SSSR count). The zero-order valence-electron chi connectivity index (χ0n) is 14.7. The van der Waals surface area contributed by atoms with Crippen molar-refractivity contribution in [2.24, 2.45) is 0 Å². The van der Waals surface area contributed by atoms with E-state index in [2.05, 4.69) is 71.0 Å². The molecule has 3 heteroatoms. The molecular formula is C19H29BO2. The molecule has 0 aliphatic carbocycles. The van der Waals surface area contributed by atoms with E-state index in [1.54, 1.807) is 0 Å². The van der Waals surface area contributed by atoms with Crippen LogP contribution in [0.2, 0.25) is 0 Å². The summed E-state index contributed by atoms with van der Waals surface area (Å²) in [4.78, 5) is 0. The molecule has 0 radical (unpaired) electrons. The van der Waals surface area contributed by atoms with Crippen molar-refractivity contribution < 1.29 is 9.31 Å². The molecule has 2 nitrogen and oxygen atoms in total. The Labute approximate surface area is 136 Å². The van der Waals surface area contributed by atoms with Crippen LogP contribution in [0.1, 0.15) is 59.4 Å². The van der Waals surface area contributed by atoms with Crippen molar-refractivity contribution in [3.05, 3.63) is 42.0 Å².